The van der Waals surface area contributed by atoms with Gasteiger partial charge in [-0.3, -0.25) is 11.3 Å². The van der Waals surface area contributed by atoms with E-state index in [1.807, 2.05) is 54.6 Å². The molecule has 3 N–H and O–H groups in total. The van der Waals surface area contributed by atoms with Crippen LogP contribution >= 0.6 is 0 Å². The molecule has 0 aliphatic heterocycles. The molecule has 2 aromatic carbocycles. The number of hydrogen-bond donors (Lipinski definition) is 2. The Morgan fingerprint density at radius 2 is 1.55 bits per heavy atom. The van der Waals surface area contributed by atoms with Gasteiger partial charge in [-0.15, -0.1) is 0 Å². The highest BCUT2D eigenvalue weighted by atomic mass is 32.2. The standard InChI is InChI=1S/C15H18N2O2S/c1-20(18,19)11-15(17-16)14-9-7-13(8-10-14)12-5-3-2-4-6-12/h2-10,15,17H,11,16H2,1H3. The van der Waals surface area contributed by atoms with Crippen LogP contribution in [0.4, 0.5) is 0 Å². The highest BCUT2D eigenvalue weighted by molar-refractivity contribution is 7.90. The fourth-order valence-electron chi connectivity index (χ4n) is 2.08. The second-order valence-electron chi connectivity index (χ2n) is 4.80. The highest BCUT2D eigenvalue weighted by Gasteiger charge is 2.15. The predicted octanol–water partition coefficient (Wildman–Crippen LogP) is 1.90. The van der Waals surface area contributed by atoms with Gasteiger partial charge in [0.2, 0.25) is 0 Å². The number of nitrogens with one attached hydrogen (secondary N) is 1. The molecular weight excluding hydrogens is 272 g/mol. The van der Waals surface area contributed by atoms with Crippen molar-refractivity contribution in [3.05, 3.63) is 60.2 Å². The van der Waals surface area contributed by atoms with E-state index in [0.29, 0.717) is 0 Å². The van der Waals surface area contributed by atoms with Gasteiger partial charge in [-0.05, 0) is 16.7 Å². The van der Waals surface area contributed by atoms with E-state index < -0.39 is 15.9 Å². The lowest BCUT2D eigenvalue weighted by Crippen LogP contribution is -2.32. The topological polar surface area (TPSA) is 72.2 Å². The fourth-order valence-corrected chi connectivity index (χ4v) is 2.98. The molecule has 1 atom stereocenters. The van der Waals surface area contributed by atoms with Crippen molar-refractivity contribution in [3.63, 3.8) is 0 Å². The van der Waals surface area contributed by atoms with Crippen molar-refractivity contribution in [1.29, 1.82) is 0 Å². The van der Waals surface area contributed by atoms with E-state index in [1.165, 1.54) is 6.26 Å². The van der Waals surface area contributed by atoms with Gasteiger partial charge in [0, 0.05) is 6.26 Å². The molecule has 5 heteroatoms. The molecule has 1 unspecified atom stereocenters. The summed E-state index contributed by atoms with van der Waals surface area (Å²) in [6, 6.07) is 17.3. The quantitative estimate of drug-likeness (QED) is 0.651. The zero-order valence-corrected chi connectivity index (χ0v) is 12.1. The van der Waals surface area contributed by atoms with Gasteiger partial charge in [0.15, 0.2) is 0 Å². The Morgan fingerprint density at radius 1 is 1.00 bits per heavy atom. The molecule has 2 aromatic rings. The van der Waals surface area contributed by atoms with Gasteiger partial charge in [-0.2, -0.15) is 0 Å². The third kappa shape index (κ3) is 3.90. The van der Waals surface area contributed by atoms with Crippen LogP contribution in [0.25, 0.3) is 11.1 Å². The van der Waals surface area contributed by atoms with Crippen molar-refractivity contribution in [2.45, 2.75) is 6.04 Å². The summed E-state index contributed by atoms with van der Waals surface area (Å²) in [4.78, 5) is 0. The third-order valence-electron chi connectivity index (χ3n) is 3.09. The lowest BCUT2D eigenvalue weighted by Gasteiger charge is -2.15. The number of rotatable bonds is 5. The SMILES string of the molecule is CS(=O)(=O)CC(NN)c1ccc(-c2ccccc2)cc1. The van der Waals surface area contributed by atoms with Gasteiger partial charge in [0.05, 0.1) is 11.8 Å². The first-order chi connectivity index (χ1) is 9.49. The molecule has 20 heavy (non-hydrogen) atoms. The second kappa shape index (κ2) is 6.17. The first-order valence-corrected chi connectivity index (χ1v) is 8.35. The average molecular weight is 290 g/mol. The molecule has 4 nitrogen and oxygen atoms in total. The first kappa shape index (κ1) is 14.7. The highest BCUT2D eigenvalue weighted by Crippen LogP contribution is 2.22. The van der Waals surface area contributed by atoms with E-state index in [0.717, 1.165) is 16.7 Å². The molecule has 0 saturated carbocycles. The number of nitrogens with two attached hydrogens (primary N) is 1. The van der Waals surface area contributed by atoms with Crippen LogP contribution in [-0.2, 0) is 9.84 Å². The molecule has 0 spiro atoms. The maximum atomic E-state index is 11.4. The summed E-state index contributed by atoms with van der Waals surface area (Å²) in [7, 11) is -3.09. The lowest BCUT2D eigenvalue weighted by molar-refractivity contribution is 0.564. The van der Waals surface area contributed by atoms with Crippen molar-refractivity contribution < 1.29 is 8.42 Å². The third-order valence-corrected chi connectivity index (χ3v) is 4.03. The molecule has 0 bridgehead atoms. The van der Waals surface area contributed by atoms with Crippen molar-refractivity contribution in [2.24, 2.45) is 5.84 Å². The van der Waals surface area contributed by atoms with Gasteiger partial charge < -0.3 is 0 Å². The Kier molecular flexibility index (Phi) is 4.54. The van der Waals surface area contributed by atoms with Crippen LogP contribution < -0.4 is 11.3 Å². The summed E-state index contributed by atoms with van der Waals surface area (Å²) in [5.41, 5.74) is 5.63. The maximum Gasteiger partial charge on any atom is 0.149 e. The van der Waals surface area contributed by atoms with E-state index in [4.69, 9.17) is 5.84 Å². The van der Waals surface area contributed by atoms with Gasteiger partial charge in [0.1, 0.15) is 9.84 Å². The van der Waals surface area contributed by atoms with Crippen LogP contribution in [0, 0.1) is 0 Å². The Hall–Kier alpha value is -1.69. The summed E-state index contributed by atoms with van der Waals surface area (Å²) >= 11 is 0. The zero-order valence-electron chi connectivity index (χ0n) is 11.3. The number of hydrazine groups is 1. The van der Waals surface area contributed by atoms with Crippen LogP contribution in [0.5, 0.6) is 0 Å². The monoisotopic (exact) mass is 290 g/mol. The van der Waals surface area contributed by atoms with E-state index in [9.17, 15) is 8.42 Å². The molecule has 0 radical (unpaired) electrons. The molecular formula is C15H18N2O2S. The summed E-state index contributed by atoms with van der Waals surface area (Å²) in [5, 5.41) is 0. The van der Waals surface area contributed by atoms with Gasteiger partial charge in [0.25, 0.3) is 0 Å². The minimum absolute atomic E-state index is 0.0197. The van der Waals surface area contributed by atoms with Crippen LogP contribution in [0.3, 0.4) is 0 Å². The van der Waals surface area contributed by atoms with Crippen molar-refractivity contribution in [1.82, 2.24) is 5.43 Å². The number of benzene rings is 2. The van der Waals surface area contributed by atoms with E-state index in [-0.39, 0.29) is 5.75 Å². The van der Waals surface area contributed by atoms with Crippen molar-refractivity contribution in [2.75, 3.05) is 12.0 Å². The lowest BCUT2D eigenvalue weighted by atomic mass is 10.0. The minimum atomic E-state index is -3.09. The largest absolute Gasteiger partial charge is 0.271 e. The summed E-state index contributed by atoms with van der Waals surface area (Å²) in [5.74, 6) is 5.43. The second-order valence-corrected chi connectivity index (χ2v) is 6.98. The Labute approximate surface area is 119 Å². The Morgan fingerprint density at radius 3 is 2.05 bits per heavy atom. The molecule has 0 heterocycles. The average Bonchev–Trinajstić information content (AvgIpc) is 2.45. The zero-order chi connectivity index (χ0) is 14.6. The van der Waals surface area contributed by atoms with Crippen LogP contribution in [0.2, 0.25) is 0 Å². The van der Waals surface area contributed by atoms with Gasteiger partial charge in [-0.1, -0.05) is 54.6 Å². The van der Waals surface area contributed by atoms with Crippen molar-refractivity contribution >= 4 is 9.84 Å². The van der Waals surface area contributed by atoms with E-state index >= 15 is 0 Å². The van der Waals surface area contributed by atoms with E-state index in [1.54, 1.807) is 0 Å². The molecule has 0 amide bonds. The van der Waals surface area contributed by atoms with Gasteiger partial charge in [-0.25, -0.2) is 8.42 Å². The molecule has 2 rings (SSSR count). The number of hydrogen-bond acceptors (Lipinski definition) is 4. The summed E-state index contributed by atoms with van der Waals surface area (Å²) < 4.78 is 22.7. The van der Waals surface area contributed by atoms with Crippen LogP contribution in [-0.4, -0.2) is 20.4 Å². The molecule has 0 aliphatic carbocycles. The fraction of sp³-hybridized carbons (Fsp3) is 0.200. The Bertz CT molecular complexity index is 652. The molecule has 106 valence electrons. The smallest absolute Gasteiger partial charge is 0.149 e. The summed E-state index contributed by atoms with van der Waals surface area (Å²) in [6.07, 6.45) is 1.20. The number of sulfone groups is 1. The van der Waals surface area contributed by atoms with Crippen molar-refractivity contribution in [3.8, 4) is 11.1 Å². The predicted molar refractivity (Wildman–Crippen MR) is 81.7 cm³/mol. The van der Waals surface area contributed by atoms with Gasteiger partial charge >= 0.3 is 0 Å². The molecule has 0 aromatic heterocycles. The normalized spacial score (nSPS) is 13.1. The molecule has 0 fully saturated rings. The first-order valence-electron chi connectivity index (χ1n) is 6.29. The molecule has 0 saturated heterocycles. The van der Waals surface area contributed by atoms with Crippen LogP contribution in [0.15, 0.2) is 54.6 Å². The van der Waals surface area contributed by atoms with E-state index in [2.05, 4.69) is 5.43 Å². The minimum Gasteiger partial charge on any atom is -0.271 e. The maximum absolute atomic E-state index is 11.4. The Balaban J connectivity index is 2.23. The van der Waals surface area contributed by atoms with Crippen LogP contribution in [0.1, 0.15) is 11.6 Å². The molecule has 0 aliphatic rings. The summed E-state index contributed by atoms with van der Waals surface area (Å²) in [6.45, 7) is 0.